The maximum absolute atomic E-state index is 6.05. The van der Waals surface area contributed by atoms with Gasteiger partial charge >= 0.3 is 0 Å². The zero-order valence-corrected chi connectivity index (χ0v) is 19.7. The average molecular weight is 373 g/mol. The second-order valence-corrected chi connectivity index (χ2v) is 18.9. The third-order valence-corrected chi connectivity index (χ3v) is 11.1. The Morgan fingerprint density at radius 2 is 1.64 bits per heavy atom. The third kappa shape index (κ3) is 4.20. The first-order valence-corrected chi connectivity index (χ1v) is 16.1. The molecule has 0 N–H and O–H groups in total. The zero-order chi connectivity index (χ0) is 19.0. The topological polar surface area (TPSA) is 9.23 Å². The molecule has 1 aromatic carbocycles. The number of ether oxygens (including phenoxy) is 1. The Balaban J connectivity index is 2.66. The molecule has 138 valence electrons. The van der Waals surface area contributed by atoms with Gasteiger partial charge in [0.25, 0.3) is 0 Å². The van der Waals surface area contributed by atoms with E-state index in [2.05, 4.69) is 77.8 Å². The van der Waals surface area contributed by atoms with E-state index < -0.39 is 16.1 Å². The smallest absolute Gasteiger partial charge is 0.117 e. The van der Waals surface area contributed by atoms with Crippen LogP contribution in [0.25, 0.3) is 0 Å². The molecule has 0 bridgehead atoms. The fourth-order valence-corrected chi connectivity index (χ4v) is 9.05. The van der Waals surface area contributed by atoms with E-state index in [9.17, 15) is 0 Å². The molecule has 3 heteroatoms. The minimum absolute atomic E-state index is 0.703. The zero-order valence-electron chi connectivity index (χ0n) is 17.7. The summed E-state index contributed by atoms with van der Waals surface area (Å²) in [6.45, 7) is 19.2. The summed E-state index contributed by atoms with van der Waals surface area (Å²) in [7, 11) is -1.37. The molecule has 0 unspecified atom stereocenters. The molecule has 25 heavy (non-hydrogen) atoms. The highest BCUT2D eigenvalue weighted by Crippen LogP contribution is 2.33. The lowest BCUT2D eigenvalue weighted by molar-refractivity contribution is 0.421. The van der Waals surface area contributed by atoms with Crippen LogP contribution in [-0.2, 0) is 0 Å². The van der Waals surface area contributed by atoms with Gasteiger partial charge in [0.1, 0.15) is 13.8 Å². The van der Waals surface area contributed by atoms with Crippen LogP contribution in [0.5, 0.6) is 5.75 Å². The predicted molar refractivity (Wildman–Crippen MR) is 118 cm³/mol. The Morgan fingerprint density at radius 3 is 2.16 bits per heavy atom. The highest BCUT2D eigenvalue weighted by Gasteiger charge is 2.36. The summed E-state index contributed by atoms with van der Waals surface area (Å²) >= 11 is 0. The highest BCUT2D eigenvalue weighted by atomic mass is 28.3. The first-order valence-electron chi connectivity index (χ1n) is 9.57. The largest absolute Gasteiger partial charge is 0.497 e. The molecule has 0 radical (unpaired) electrons. The van der Waals surface area contributed by atoms with Gasteiger partial charge in [-0.3, -0.25) is 0 Å². The minimum atomic E-state index is -1.77. The van der Waals surface area contributed by atoms with Gasteiger partial charge in [-0.2, -0.15) is 0 Å². The molecule has 1 aliphatic carbocycles. The Morgan fingerprint density at radius 1 is 1.04 bits per heavy atom. The first-order chi connectivity index (χ1) is 11.5. The van der Waals surface area contributed by atoms with E-state index in [1.807, 2.05) is 7.11 Å². The molecule has 0 heterocycles. The van der Waals surface area contributed by atoms with Crippen LogP contribution in [-0.4, -0.2) is 23.3 Å². The monoisotopic (exact) mass is 372 g/mol. The van der Waals surface area contributed by atoms with Gasteiger partial charge in [0.05, 0.1) is 15.2 Å². The van der Waals surface area contributed by atoms with Gasteiger partial charge in [-0.1, -0.05) is 87.2 Å². The van der Waals surface area contributed by atoms with Gasteiger partial charge in [-0.25, -0.2) is 0 Å². The van der Waals surface area contributed by atoms with Crippen molar-refractivity contribution in [3.05, 3.63) is 40.6 Å². The van der Waals surface area contributed by atoms with Crippen molar-refractivity contribution in [2.75, 3.05) is 7.11 Å². The van der Waals surface area contributed by atoms with E-state index in [-0.39, 0.29) is 0 Å². The van der Waals surface area contributed by atoms with Crippen LogP contribution in [0.1, 0.15) is 32.3 Å². The van der Waals surface area contributed by atoms with E-state index in [1.54, 1.807) is 10.8 Å². The van der Waals surface area contributed by atoms with Gasteiger partial charge in [0.2, 0.25) is 0 Å². The van der Waals surface area contributed by atoms with Gasteiger partial charge in [0, 0.05) is 0 Å². The molecule has 2 rings (SSSR count). The molecule has 0 aliphatic heterocycles. The Kier molecular flexibility index (Phi) is 5.90. The molecule has 0 spiro atoms. The van der Waals surface area contributed by atoms with Crippen molar-refractivity contribution < 1.29 is 4.74 Å². The van der Waals surface area contributed by atoms with Gasteiger partial charge in [0.15, 0.2) is 0 Å². The summed E-state index contributed by atoms with van der Waals surface area (Å²) in [5.74, 6) is 1.89. The number of hydrogen-bond acceptors (Lipinski definition) is 1. The number of rotatable bonds is 6. The molecule has 0 saturated carbocycles. The predicted octanol–water partition coefficient (Wildman–Crippen LogP) is 5.31. The van der Waals surface area contributed by atoms with E-state index in [4.69, 9.17) is 4.74 Å². The normalized spacial score (nSPS) is 15.4. The third-order valence-electron chi connectivity index (χ3n) is 5.33. The molecule has 0 fully saturated rings. The standard InChI is InChI=1S/C22H36OSi2/c1-16(2)13-18-11-10-12-19(18)25(8,9)21-15-17(3)14-20(22(21)23-4)24(5,6)7/h10-11,14-16H,12-13H2,1-9H3. The molecule has 0 amide bonds. The van der Waals surface area contributed by atoms with Crippen molar-refractivity contribution in [1.29, 1.82) is 0 Å². The second-order valence-electron chi connectivity index (χ2n) is 9.48. The second kappa shape index (κ2) is 7.28. The van der Waals surface area contributed by atoms with E-state index in [1.165, 1.54) is 28.1 Å². The van der Waals surface area contributed by atoms with Crippen molar-refractivity contribution in [2.24, 2.45) is 5.92 Å². The Hall–Kier alpha value is -1.07. The summed E-state index contributed by atoms with van der Waals surface area (Å²) in [5.41, 5.74) is 2.97. The van der Waals surface area contributed by atoms with Crippen LogP contribution >= 0.6 is 0 Å². The summed E-state index contributed by atoms with van der Waals surface area (Å²) in [6, 6.07) is 4.78. The Labute approximate surface area is 157 Å². The first kappa shape index (κ1) is 20.2. The summed E-state index contributed by atoms with van der Waals surface area (Å²) in [5, 5.41) is 4.67. The average Bonchev–Trinajstić information content (AvgIpc) is 2.93. The minimum Gasteiger partial charge on any atom is -0.497 e. The molecule has 1 nitrogen and oxygen atoms in total. The summed E-state index contributed by atoms with van der Waals surface area (Å²) in [4.78, 5) is 0. The van der Waals surface area contributed by atoms with Gasteiger partial charge in [-0.15, -0.1) is 0 Å². The van der Waals surface area contributed by atoms with Crippen LogP contribution in [0, 0.1) is 12.8 Å². The molecule has 1 aromatic rings. The van der Waals surface area contributed by atoms with Gasteiger partial charge in [-0.05, 0) is 36.1 Å². The summed E-state index contributed by atoms with van der Waals surface area (Å²) in [6.07, 6.45) is 7.06. The molecule has 0 atom stereocenters. The number of methoxy groups -OCH3 is 1. The fourth-order valence-electron chi connectivity index (χ4n) is 4.02. The van der Waals surface area contributed by atoms with Crippen LogP contribution in [0.3, 0.4) is 0 Å². The lowest BCUT2D eigenvalue weighted by Gasteiger charge is -2.32. The van der Waals surface area contributed by atoms with E-state index >= 15 is 0 Å². The van der Waals surface area contributed by atoms with Crippen LogP contribution in [0.4, 0.5) is 0 Å². The number of allylic oxidation sites excluding steroid dienone is 4. The maximum atomic E-state index is 6.05. The highest BCUT2D eigenvalue weighted by molar-refractivity contribution is 6.97. The molecular formula is C22H36OSi2. The lowest BCUT2D eigenvalue weighted by Crippen LogP contribution is -2.50. The van der Waals surface area contributed by atoms with E-state index in [0.717, 1.165) is 6.42 Å². The molecular weight excluding hydrogens is 336 g/mol. The molecule has 0 aromatic heterocycles. The van der Waals surface area contributed by atoms with Crippen molar-refractivity contribution in [3.8, 4) is 5.75 Å². The van der Waals surface area contributed by atoms with Crippen molar-refractivity contribution >= 4 is 26.5 Å². The number of hydrogen-bond donors (Lipinski definition) is 0. The van der Waals surface area contributed by atoms with Crippen LogP contribution in [0.15, 0.2) is 35.1 Å². The molecule has 0 saturated heterocycles. The lowest BCUT2D eigenvalue weighted by atomic mass is 10.0. The fraction of sp³-hybridized carbons (Fsp3) is 0.545. The quantitative estimate of drug-likeness (QED) is 0.615. The SMILES string of the molecule is COc1c([Si](C)(C)C)cc(C)cc1[Si](C)(C)C1=C(CC(C)C)C=CC1. The van der Waals surface area contributed by atoms with Gasteiger partial charge < -0.3 is 4.74 Å². The number of benzene rings is 1. The van der Waals surface area contributed by atoms with Crippen LogP contribution in [0.2, 0.25) is 32.7 Å². The molecule has 1 aliphatic rings. The maximum Gasteiger partial charge on any atom is 0.117 e. The number of aryl methyl sites for hydroxylation is 1. The Bertz CT molecular complexity index is 703. The van der Waals surface area contributed by atoms with Crippen LogP contribution < -0.4 is 15.1 Å². The summed E-state index contributed by atoms with van der Waals surface area (Å²) < 4.78 is 6.05. The van der Waals surface area contributed by atoms with Crippen molar-refractivity contribution in [3.63, 3.8) is 0 Å². The van der Waals surface area contributed by atoms with Crippen molar-refractivity contribution in [1.82, 2.24) is 0 Å². The van der Waals surface area contributed by atoms with Crippen molar-refractivity contribution in [2.45, 2.75) is 66.3 Å². The van der Waals surface area contributed by atoms with E-state index in [0.29, 0.717) is 5.92 Å².